The van der Waals surface area contributed by atoms with Gasteiger partial charge >= 0.3 is 5.69 Å². The number of hydrogen-bond acceptors (Lipinski definition) is 6. The smallest absolute Gasteiger partial charge is 0.312 e. The molecule has 0 radical (unpaired) electrons. The molecule has 0 bridgehead atoms. The molecule has 0 spiro atoms. The van der Waals surface area contributed by atoms with E-state index in [0.717, 1.165) is 31.7 Å². The largest absolute Gasteiger partial charge is 0.469 e. The second-order valence-corrected chi connectivity index (χ2v) is 9.88. The third-order valence-corrected chi connectivity index (χ3v) is 7.71. The summed E-state index contributed by atoms with van der Waals surface area (Å²) in [7, 11) is -3.82. The van der Waals surface area contributed by atoms with Crippen molar-refractivity contribution in [3.05, 3.63) is 64.2 Å². The number of carbonyl (C=O) groups excluding carboxylic acids is 1. The van der Waals surface area contributed by atoms with Crippen molar-refractivity contribution in [2.24, 2.45) is 0 Å². The van der Waals surface area contributed by atoms with E-state index in [4.69, 9.17) is 4.74 Å². The van der Waals surface area contributed by atoms with Gasteiger partial charge in [-0.2, -0.15) is 4.31 Å². The molecule has 1 atom stereocenters. The van der Waals surface area contributed by atoms with E-state index < -0.39 is 26.7 Å². The number of nitrogens with zero attached hydrogens (tertiary/aromatic N) is 3. The predicted octanol–water partition coefficient (Wildman–Crippen LogP) is 3.12. The average Bonchev–Trinajstić information content (AvgIpc) is 3.52. The van der Waals surface area contributed by atoms with Crippen molar-refractivity contribution in [2.45, 2.75) is 36.7 Å². The van der Waals surface area contributed by atoms with Crippen LogP contribution in [0.1, 0.15) is 37.4 Å². The highest BCUT2D eigenvalue weighted by Gasteiger charge is 2.33. The lowest BCUT2D eigenvalue weighted by Gasteiger charge is -2.24. The lowest BCUT2D eigenvalue weighted by atomic mass is 10.1. The molecule has 2 heterocycles. The number of ether oxygens (including phenoxy) is 1. The highest BCUT2D eigenvalue weighted by molar-refractivity contribution is 7.89. The van der Waals surface area contributed by atoms with E-state index in [1.165, 1.54) is 16.4 Å². The minimum Gasteiger partial charge on any atom is -0.469 e. The molecule has 32 heavy (non-hydrogen) atoms. The van der Waals surface area contributed by atoms with Crippen molar-refractivity contribution < 1.29 is 22.9 Å². The minimum absolute atomic E-state index is 0.142. The molecule has 0 N–H and O–H groups in total. The first kappa shape index (κ1) is 22.2. The first-order valence-electron chi connectivity index (χ1n) is 10.7. The van der Waals surface area contributed by atoms with Crippen molar-refractivity contribution >= 4 is 21.6 Å². The van der Waals surface area contributed by atoms with Gasteiger partial charge in [-0.05, 0) is 37.8 Å². The van der Waals surface area contributed by atoms with Crippen LogP contribution in [0.5, 0.6) is 5.75 Å². The number of benzene rings is 2. The van der Waals surface area contributed by atoms with Crippen LogP contribution in [0.2, 0.25) is 0 Å². The lowest BCUT2D eigenvalue weighted by molar-refractivity contribution is -0.386. The predicted molar refractivity (Wildman–Crippen MR) is 117 cm³/mol. The molecule has 2 saturated heterocycles. The van der Waals surface area contributed by atoms with E-state index in [1.807, 2.05) is 0 Å². The van der Waals surface area contributed by atoms with E-state index in [1.54, 1.807) is 35.2 Å². The zero-order valence-corrected chi connectivity index (χ0v) is 18.4. The lowest BCUT2D eigenvalue weighted by Crippen LogP contribution is -2.35. The summed E-state index contributed by atoms with van der Waals surface area (Å²) in [6.45, 7) is 2.02. The van der Waals surface area contributed by atoms with Crippen LogP contribution in [-0.2, 0) is 14.8 Å². The Labute approximate surface area is 186 Å². The standard InChI is InChI=1S/C22H25N3O6S/c26-22(23-12-4-5-13-23)21(17-8-2-1-3-9-17)31-20-11-10-18(16-19(20)25(27)28)32(29,30)24-14-6-7-15-24/h1-3,8-11,16,21H,4-7,12-15H2/t21-/m0/s1. The maximum absolute atomic E-state index is 13.2. The number of hydrogen-bond donors (Lipinski definition) is 0. The Kier molecular flexibility index (Phi) is 6.43. The Morgan fingerprint density at radius 1 is 0.969 bits per heavy atom. The summed E-state index contributed by atoms with van der Waals surface area (Å²) in [5.41, 5.74) is 0.0906. The van der Waals surface area contributed by atoms with Gasteiger partial charge in [-0.15, -0.1) is 0 Å². The fraction of sp³-hybridized carbons (Fsp3) is 0.409. The van der Waals surface area contributed by atoms with Gasteiger partial charge in [0.1, 0.15) is 0 Å². The van der Waals surface area contributed by atoms with Crippen molar-refractivity contribution in [1.82, 2.24) is 9.21 Å². The van der Waals surface area contributed by atoms with Gasteiger partial charge in [-0.3, -0.25) is 14.9 Å². The monoisotopic (exact) mass is 459 g/mol. The highest BCUT2D eigenvalue weighted by atomic mass is 32.2. The summed E-state index contributed by atoms with van der Waals surface area (Å²) >= 11 is 0. The van der Waals surface area contributed by atoms with Gasteiger partial charge in [0.25, 0.3) is 5.91 Å². The zero-order chi connectivity index (χ0) is 22.7. The Bertz CT molecular complexity index is 1090. The normalized spacial score (nSPS) is 17.9. The van der Waals surface area contributed by atoms with E-state index in [0.29, 0.717) is 31.7 Å². The number of nitro benzene ring substituents is 1. The van der Waals surface area contributed by atoms with Gasteiger partial charge in [-0.1, -0.05) is 30.3 Å². The first-order valence-corrected chi connectivity index (χ1v) is 12.1. The third kappa shape index (κ3) is 4.46. The van der Waals surface area contributed by atoms with Crippen molar-refractivity contribution in [1.29, 1.82) is 0 Å². The quantitative estimate of drug-likeness (QED) is 0.465. The van der Waals surface area contributed by atoms with Crippen molar-refractivity contribution in [3.8, 4) is 5.75 Å². The Balaban J connectivity index is 1.69. The van der Waals surface area contributed by atoms with Crippen molar-refractivity contribution in [2.75, 3.05) is 26.2 Å². The van der Waals surface area contributed by atoms with Crippen LogP contribution in [0.15, 0.2) is 53.4 Å². The summed E-state index contributed by atoms with van der Waals surface area (Å²) < 4.78 is 32.9. The van der Waals surface area contributed by atoms with Crippen molar-refractivity contribution in [3.63, 3.8) is 0 Å². The first-order chi connectivity index (χ1) is 15.4. The van der Waals surface area contributed by atoms with Gasteiger partial charge in [0, 0.05) is 37.8 Å². The third-order valence-electron chi connectivity index (χ3n) is 5.82. The Morgan fingerprint density at radius 2 is 1.59 bits per heavy atom. The van der Waals surface area contributed by atoms with Crippen LogP contribution in [0, 0.1) is 10.1 Å². The van der Waals surface area contributed by atoms with Crippen LogP contribution in [0.3, 0.4) is 0 Å². The van der Waals surface area contributed by atoms with Crippen LogP contribution in [0.25, 0.3) is 0 Å². The van der Waals surface area contributed by atoms with Crippen LogP contribution in [0.4, 0.5) is 5.69 Å². The molecule has 170 valence electrons. The summed E-state index contributed by atoms with van der Waals surface area (Å²) in [5, 5.41) is 11.8. The van der Waals surface area contributed by atoms with Crippen LogP contribution in [-0.4, -0.2) is 54.6 Å². The number of sulfonamides is 1. The number of nitro groups is 1. The van der Waals surface area contributed by atoms with Gasteiger partial charge in [0.05, 0.1) is 9.82 Å². The molecule has 2 aromatic carbocycles. The molecule has 1 amide bonds. The molecular weight excluding hydrogens is 434 g/mol. The van der Waals surface area contributed by atoms with E-state index in [2.05, 4.69) is 0 Å². The molecule has 0 aromatic heterocycles. The fourth-order valence-corrected chi connectivity index (χ4v) is 5.63. The van der Waals surface area contributed by atoms with E-state index in [-0.39, 0.29) is 16.6 Å². The molecule has 0 unspecified atom stereocenters. The summed E-state index contributed by atoms with van der Waals surface area (Å²) in [6.07, 6.45) is 2.26. The van der Waals surface area contributed by atoms with Crippen LogP contribution >= 0.6 is 0 Å². The maximum Gasteiger partial charge on any atom is 0.312 e. The molecule has 0 saturated carbocycles. The average molecular weight is 460 g/mol. The molecule has 9 nitrogen and oxygen atoms in total. The Morgan fingerprint density at radius 3 is 2.22 bits per heavy atom. The van der Waals surface area contributed by atoms with Gasteiger partial charge < -0.3 is 9.64 Å². The molecule has 0 aliphatic carbocycles. The van der Waals surface area contributed by atoms with E-state index in [9.17, 15) is 23.3 Å². The summed E-state index contributed by atoms with van der Waals surface area (Å²) in [6, 6.07) is 12.4. The molecule has 2 fully saturated rings. The number of carbonyl (C=O) groups is 1. The van der Waals surface area contributed by atoms with Gasteiger partial charge in [0.15, 0.2) is 5.75 Å². The molecule has 2 aliphatic heterocycles. The summed E-state index contributed by atoms with van der Waals surface area (Å²) in [4.78, 5) is 25.8. The topological polar surface area (TPSA) is 110 Å². The maximum atomic E-state index is 13.2. The van der Waals surface area contributed by atoms with Gasteiger partial charge in [0.2, 0.25) is 16.1 Å². The molecular formula is C22H25N3O6S. The molecule has 10 heteroatoms. The second kappa shape index (κ2) is 9.25. The SMILES string of the molecule is O=C([C@@H](Oc1ccc(S(=O)(=O)N2CCCC2)cc1[N+](=O)[O-])c1ccccc1)N1CCCC1. The zero-order valence-electron chi connectivity index (χ0n) is 17.6. The highest BCUT2D eigenvalue weighted by Crippen LogP contribution is 2.35. The van der Waals surface area contributed by atoms with Gasteiger partial charge in [-0.25, -0.2) is 8.42 Å². The molecule has 2 aromatic rings. The minimum atomic E-state index is -3.82. The fourth-order valence-electron chi connectivity index (χ4n) is 4.10. The van der Waals surface area contributed by atoms with Crippen LogP contribution < -0.4 is 4.74 Å². The number of rotatable bonds is 7. The second-order valence-electron chi connectivity index (χ2n) is 7.94. The summed E-state index contributed by atoms with van der Waals surface area (Å²) in [5.74, 6) is -0.409. The molecule has 2 aliphatic rings. The van der Waals surface area contributed by atoms with E-state index >= 15 is 0 Å². The number of likely N-dealkylation sites (tertiary alicyclic amines) is 1. The Hall–Kier alpha value is -2.98. The number of amides is 1. The molecule has 4 rings (SSSR count).